The Hall–Kier alpha value is -3.18. The zero-order valence-corrected chi connectivity index (χ0v) is 15.3. The fraction of sp³-hybridized carbons (Fsp3) is 0.263. The monoisotopic (exact) mass is 379 g/mol. The second kappa shape index (κ2) is 7.60. The summed E-state index contributed by atoms with van der Waals surface area (Å²) in [4.78, 5) is 19.9. The van der Waals surface area contributed by atoms with E-state index in [4.69, 9.17) is 10.00 Å². The lowest BCUT2D eigenvalue weighted by atomic mass is 10.2. The fourth-order valence-corrected chi connectivity index (χ4v) is 3.74. The van der Waals surface area contributed by atoms with E-state index >= 15 is 0 Å². The van der Waals surface area contributed by atoms with Gasteiger partial charge in [0, 0.05) is 23.3 Å². The number of thiophene rings is 1. The van der Waals surface area contributed by atoms with E-state index in [1.54, 1.807) is 29.7 Å². The molecule has 4 rings (SSSR count). The third kappa shape index (κ3) is 3.99. The van der Waals surface area contributed by atoms with Gasteiger partial charge >= 0.3 is 0 Å². The van der Waals surface area contributed by atoms with E-state index in [0.717, 1.165) is 10.6 Å². The average Bonchev–Trinajstić information content (AvgIpc) is 3.31. The van der Waals surface area contributed by atoms with E-state index in [1.165, 1.54) is 6.20 Å². The lowest BCUT2D eigenvalue weighted by Crippen LogP contribution is -2.39. The van der Waals surface area contributed by atoms with Crippen molar-refractivity contribution in [3.63, 3.8) is 0 Å². The number of ether oxygens (including phenoxy) is 1. The van der Waals surface area contributed by atoms with Gasteiger partial charge in [-0.25, -0.2) is 4.98 Å². The van der Waals surface area contributed by atoms with Gasteiger partial charge in [-0.15, -0.1) is 11.3 Å². The molecular formula is C19H17N5O2S. The Kier molecular flexibility index (Phi) is 4.85. The summed E-state index contributed by atoms with van der Waals surface area (Å²) in [7, 11) is 0. The molecule has 0 radical (unpaired) electrons. The van der Waals surface area contributed by atoms with Crippen LogP contribution in [0.5, 0.6) is 5.88 Å². The highest BCUT2D eigenvalue weighted by Crippen LogP contribution is 2.18. The van der Waals surface area contributed by atoms with Crippen molar-refractivity contribution in [3.05, 3.63) is 64.2 Å². The first-order chi connectivity index (χ1) is 13.2. The number of nitriles is 1. The Morgan fingerprint density at radius 1 is 1.33 bits per heavy atom. The van der Waals surface area contributed by atoms with E-state index < -0.39 is 0 Å². The first kappa shape index (κ1) is 17.2. The number of nitrogens with zero attached hydrogens (tertiary/aromatic N) is 5. The number of amides is 1. The number of hydrogen-bond acceptors (Lipinski definition) is 6. The number of fused-ring (bicyclic) bond motifs is 1. The van der Waals surface area contributed by atoms with Crippen molar-refractivity contribution in [1.29, 1.82) is 5.26 Å². The maximum atomic E-state index is 12.8. The lowest BCUT2D eigenvalue weighted by molar-refractivity contribution is -0.132. The van der Waals surface area contributed by atoms with Crippen LogP contribution < -0.4 is 4.74 Å². The number of carbonyl (C=O) groups is 1. The van der Waals surface area contributed by atoms with Crippen molar-refractivity contribution in [2.75, 3.05) is 6.54 Å². The fourth-order valence-electron chi connectivity index (χ4n) is 3.04. The first-order valence-electron chi connectivity index (χ1n) is 8.55. The summed E-state index contributed by atoms with van der Waals surface area (Å²) in [5.74, 6) is 0.494. The van der Waals surface area contributed by atoms with Gasteiger partial charge in [0.25, 0.3) is 0 Å². The highest BCUT2D eigenvalue weighted by Gasteiger charge is 2.27. The lowest BCUT2D eigenvalue weighted by Gasteiger charge is -2.24. The maximum absolute atomic E-state index is 12.8. The number of carbonyl (C=O) groups excluding carboxylic acids is 1. The van der Waals surface area contributed by atoms with Gasteiger partial charge in [-0.3, -0.25) is 9.48 Å². The Labute approximate surface area is 160 Å². The van der Waals surface area contributed by atoms with Crippen LogP contribution >= 0.6 is 11.3 Å². The maximum Gasteiger partial charge on any atom is 0.228 e. The molecule has 1 aliphatic rings. The van der Waals surface area contributed by atoms with Gasteiger partial charge < -0.3 is 9.64 Å². The van der Waals surface area contributed by atoms with Gasteiger partial charge in [-0.1, -0.05) is 6.07 Å². The molecule has 0 saturated carbocycles. The Morgan fingerprint density at radius 2 is 2.26 bits per heavy atom. The van der Waals surface area contributed by atoms with Gasteiger partial charge in [0.1, 0.15) is 12.2 Å². The third-order valence-corrected chi connectivity index (χ3v) is 5.25. The Morgan fingerprint density at radius 3 is 3.00 bits per heavy atom. The molecule has 3 aromatic heterocycles. The molecule has 0 aliphatic carbocycles. The number of hydrogen-bond donors (Lipinski definition) is 0. The molecular weight excluding hydrogens is 362 g/mol. The molecule has 0 N–H and O–H groups in total. The molecule has 3 aromatic rings. The molecule has 7 nitrogen and oxygen atoms in total. The number of rotatable bonds is 4. The standard InChI is InChI=1S/C19H17N5O2S/c20-9-14-3-4-18(21-10-14)26-16-12-23(11-15-5-6-22-24(15)13-16)19(25)8-17-2-1-7-27-17/h1-7,10,16H,8,11-13H2/t16-/m0/s1. The molecule has 1 amide bonds. The van der Waals surface area contributed by atoms with E-state index in [-0.39, 0.29) is 12.0 Å². The summed E-state index contributed by atoms with van der Waals surface area (Å²) in [6, 6.07) is 11.2. The van der Waals surface area contributed by atoms with Gasteiger partial charge in [-0.05, 0) is 23.6 Å². The van der Waals surface area contributed by atoms with Crippen molar-refractivity contribution in [3.8, 4) is 11.9 Å². The first-order valence-corrected chi connectivity index (χ1v) is 9.43. The van der Waals surface area contributed by atoms with Gasteiger partial charge in [0.2, 0.25) is 11.8 Å². The van der Waals surface area contributed by atoms with Crippen LogP contribution in [-0.4, -0.2) is 38.2 Å². The third-order valence-electron chi connectivity index (χ3n) is 4.37. The van der Waals surface area contributed by atoms with Crippen molar-refractivity contribution in [1.82, 2.24) is 19.7 Å². The molecule has 0 bridgehead atoms. The molecule has 1 atom stereocenters. The second-order valence-electron chi connectivity index (χ2n) is 6.27. The van der Waals surface area contributed by atoms with Gasteiger partial charge in [0.15, 0.2) is 0 Å². The highest BCUT2D eigenvalue weighted by atomic mass is 32.1. The minimum atomic E-state index is -0.279. The molecule has 0 saturated heterocycles. The van der Waals surface area contributed by atoms with Crippen LogP contribution in [0.2, 0.25) is 0 Å². The zero-order chi connectivity index (χ0) is 18.6. The van der Waals surface area contributed by atoms with Crippen LogP contribution in [0.1, 0.15) is 16.1 Å². The van der Waals surface area contributed by atoms with Crippen LogP contribution in [0.4, 0.5) is 0 Å². The summed E-state index contributed by atoms with van der Waals surface area (Å²) in [5, 5.41) is 15.2. The summed E-state index contributed by atoms with van der Waals surface area (Å²) >= 11 is 1.58. The minimum Gasteiger partial charge on any atom is -0.470 e. The van der Waals surface area contributed by atoms with Gasteiger partial charge in [0.05, 0.1) is 37.3 Å². The largest absolute Gasteiger partial charge is 0.470 e. The summed E-state index contributed by atoms with van der Waals surface area (Å²) < 4.78 is 7.87. The van der Waals surface area contributed by atoms with Crippen LogP contribution in [0.15, 0.2) is 48.1 Å². The molecule has 27 heavy (non-hydrogen) atoms. The highest BCUT2D eigenvalue weighted by molar-refractivity contribution is 7.10. The molecule has 0 unspecified atom stereocenters. The average molecular weight is 379 g/mol. The van der Waals surface area contributed by atoms with E-state index in [1.807, 2.05) is 39.2 Å². The molecule has 0 spiro atoms. The van der Waals surface area contributed by atoms with Crippen molar-refractivity contribution in [2.45, 2.75) is 25.6 Å². The molecule has 0 fully saturated rings. The number of pyridine rings is 1. The predicted octanol–water partition coefficient (Wildman–Crippen LogP) is 2.24. The normalized spacial score (nSPS) is 16.3. The van der Waals surface area contributed by atoms with Crippen LogP contribution in [-0.2, 0) is 24.3 Å². The van der Waals surface area contributed by atoms with Crippen molar-refractivity contribution >= 4 is 17.2 Å². The smallest absolute Gasteiger partial charge is 0.228 e. The zero-order valence-electron chi connectivity index (χ0n) is 14.5. The molecule has 8 heteroatoms. The van der Waals surface area contributed by atoms with Crippen molar-refractivity contribution in [2.24, 2.45) is 0 Å². The molecule has 136 valence electrons. The second-order valence-corrected chi connectivity index (χ2v) is 7.30. The molecule has 1 aliphatic heterocycles. The van der Waals surface area contributed by atoms with Gasteiger partial charge in [-0.2, -0.15) is 10.4 Å². The topological polar surface area (TPSA) is 84.0 Å². The summed E-state index contributed by atoms with van der Waals surface area (Å²) in [6.45, 7) is 1.49. The van der Waals surface area contributed by atoms with Crippen LogP contribution in [0.25, 0.3) is 0 Å². The van der Waals surface area contributed by atoms with E-state index in [9.17, 15) is 4.79 Å². The Bertz CT molecular complexity index is 959. The summed E-state index contributed by atoms with van der Waals surface area (Å²) in [6.07, 6.45) is 3.32. The van der Waals surface area contributed by atoms with Crippen LogP contribution in [0, 0.1) is 11.3 Å². The van der Waals surface area contributed by atoms with E-state index in [2.05, 4.69) is 10.1 Å². The molecule has 0 aromatic carbocycles. The van der Waals surface area contributed by atoms with E-state index in [0.29, 0.717) is 37.5 Å². The SMILES string of the molecule is N#Cc1ccc(O[C@H]2CN(C(=O)Cc3cccs3)Cc3ccnn3C2)nc1. The van der Waals surface area contributed by atoms with Crippen molar-refractivity contribution < 1.29 is 9.53 Å². The predicted molar refractivity (Wildman–Crippen MR) is 99.0 cm³/mol. The van der Waals surface area contributed by atoms with Crippen LogP contribution in [0.3, 0.4) is 0 Å². The molecule has 4 heterocycles. The number of aromatic nitrogens is 3. The quantitative estimate of drug-likeness (QED) is 0.694. The summed E-state index contributed by atoms with van der Waals surface area (Å²) in [5.41, 5.74) is 1.46. The minimum absolute atomic E-state index is 0.0634. The Balaban J connectivity index is 1.52.